The van der Waals surface area contributed by atoms with Crippen molar-refractivity contribution in [1.29, 1.82) is 0 Å². The van der Waals surface area contributed by atoms with E-state index in [-0.39, 0.29) is 17.4 Å². The molecule has 6 nitrogen and oxygen atoms in total. The molecule has 2 aromatic rings. The highest BCUT2D eigenvalue weighted by Crippen LogP contribution is 2.23. The molecule has 0 heterocycles. The number of ether oxygens (including phenoxy) is 1. The van der Waals surface area contributed by atoms with Crippen molar-refractivity contribution >= 4 is 21.6 Å². The monoisotopic (exact) mass is 390 g/mol. The summed E-state index contributed by atoms with van der Waals surface area (Å²) in [5.74, 6) is 0.631. The third-order valence-electron chi connectivity index (χ3n) is 3.83. The zero-order valence-corrected chi connectivity index (χ0v) is 16.9. The summed E-state index contributed by atoms with van der Waals surface area (Å²) in [6.45, 7) is 8.17. The zero-order valence-electron chi connectivity index (χ0n) is 16.1. The molecule has 0 atom stereocenters. The maximum Gasteiger partial charge on any atom is 0.261 e. The molecule has 0 aromatic heterocycles. The van der Waals surface area contributed by atoms with Crippen LogP contribution in [0.25, 0.3) is 0 Å². The van der Waals surface area contributed by atoms with Crippen molar-refractivity contribution in [2.24, 2.45) is 5.92 Å². The van der Waals surface area contributed by atoms with Crippen LogP contribution in [0.1, 0.15) is 25.0 Å². The Kier molecular flexibility index (Phi) is 6.85. The molecular weight excluding hydrogens is 364 g/mol. The van der Waals surface area contributed by atoms with Crippen LogP contribution < -0.4 is 14.8 Å². The normalized spacial score (nSPS) is 11.3. The fraction of sp³-hybridized carbons (Fsp3) is 0.350. The lowest BCUT2D eigenvalue weighted by atomic mass is 10.2. The Hall–Kier alpha value is -2.54. The van der Waals surface area contributed by atoms with Crippen molar-refractivity contribution in [3.63, 3.8) is 0 Å². The summed E-state index contributed by atoms with van der Waals surface area (Å²) in [7, 11) is -3.70. The first kappa shape index (κ1) is 20.8. The summed E-state index contributed by atoms with van der Waals surface area (Å²) in [6, 6.07) is 11.7. The number of aryl methyl sites for hydroxylation is 2. The minimum Gasteiger partial charge on any atom is -0.484 e. The van der Waals surface area contributed by atoms with E-state index in [1.807, 2.05) is 32.9 Å². The summed E-state index contributed by atoms with van der Waals surface area (Å²) in [6.07, 6.45) is 0. The first-order valence-corrected chi connectivity index (χ1v) is 10.3. The number of sulfonamides is 1. The van der Waals surface area contributed by atoms with Crippen LogP contribution in [0.15, 0.2) is 47.4 Å². The minimum absolute atomic E-state index is 0.110. The van der Waals surface area contributed by atoms with Crippen LogP contribution in [-0.4, -0.2) is 27.5 Å². The SMILES string of the molecule is Cc1ccc(NS(=O)(=O)c2ccc(OCC(=O)NCC(C)C)c(C)c2)cc1. The molecule has 0 aliphatic carbocycles. The molecule has 27 heavy (non-hydrogen) atoms. The van der Waals surface area contributed by atoms with Crippen LogP contribution in [0, 0.1) is 19.8 Å². The number of anilines is 1. The Labute approximate surface area is 161 Å². The molecule has 0 radical (unpaired) electrons. The topological polar surface area (TPSA) is 84.5 Å². The quantitative estimate of drug-likeness (QED) is 0.725. The highest BCUT2D eigenvalue weighted by Gasteiger charge is 2.16. The molecule has 1 amide bonds. The van der Waals surface area contributed by atoms with Gasteiger partial charge in [-0.1, -0.05) is 31.5 Å². The van der Waals surface area contributed by atoms with E-state index in [0.717, 1.165) is 5.56 Å². The molecule has 0 fully saturated rings. The fourth-order valence-corrected chi connectivity index (χ4v) is 3.44. The fourth-order valence-electron chi connectivity index (χ4n) is 2.30. The molecular formula is C20H26N2O4S. The van der Waals surface area contributed by atoms with E-state index >= 15 is 0 Å². The first-order chi connectivity index (χ1) is 12.7. The Morgan fingerprint density at radius 3 is 2.33 bits per heavy atom. The van der Waals surface area contributed by atoms with Gasteiger partial charge < -0.3 is 10.1 Å². The second kappa shape index (κ2) is 8.90. The van der Waals surface area contributed by atoms with Crippen molar-refractivity contribution in [3.8, 4) is 5.75 Å². The van der Waals surface area contributed by atoms with Crippen molar-refractivity contribution < 1.29 is 17.9 Å². The molecule has 0 aliphatic heterocycles. The van der Waals surface area contributed by atoms with Gasteiger partial charge in [-0.3, -0.25) is 9.52 Å². The molecule has 0 spiro atoms. The third-order valence-corrected chi connectivity index (χ3v) is 5.21. The number of carbonyl (C=O) groups is 1. The Morgan fingerprint density at radius 2 is 1.74 bits per heavy atom. The second-order valence-electron chi connectivity index (χ2n) is 6.89. The first-order valence-electron chi connectivity index (χ1n) is 8.77. The predicted octanol–water partition coefficient (Wildman–Crippen LogP) is 3.26. The Balaban J connectivity index is 2.04. The van der Waals surface area contributed by atoms with Gasteiger partial charge in [-0.05, 0) is 55.7 Å². The molecule has 0 saturated carbocycles. The number of nitrogens with one attached hydrogen (secondary N) is 2. The maximum absolute atomic E-state index is 12.5. The molecule has 0 unspecified atom stereocenters. The average Bonchev–Trinajstić information content (AvgIpc) is 2.60. The van der Waals surface area contributed by atoms with E-state index in [1.165, 1.54) is 12.1 Å². The van der Waals surface area contributed by atoms with E-state index < -0.39 is 10.0 Å². The second-order valence-corrected chi connectivity index (χ2v) is 8.57. The van der Waals surface area contributed by atoms with Gasteiger partial charge in [0.15, 0.2) is 6.61 Å². The molecule has 2 N–H and O–H groups in total. The molecule has 0 bridgehead atoms. The van der Waals surface area contributed by atoms with Gasteiger partial charge >= 0.3 is 0 Å². The molecule has 146 valence electrons. The summed E-state index contributed by atoms with van der Waals surface area (Å²) < 4.78 is 33.2. The van der Waals surface area contributed by atoms with Crippen LogP contribution in [0.3, 0.4) is 0 Å². The highest BCUT2D eigenvalue weighted by molar-refractivity contribution is 7.92. The van der Waals surface area contributed by atoms with Crippen LogP contribution in [0.4, 0.5) is 5.69 Å². The van der Waals surface area contributed by atoms with E-state index in [2.05, 4.69) is 10.0 Å². The van der Waals surface area contributed by atoms with Gasteiger partial charge in [-0.25, -0.2) is 8.42 Å². The van der Waals surface area contributed by atoms with Gasteiger partial charge in [0.05, 0.1) is 4.90 Å². The van der Waals surface area contributed by atoms with Gasteiger partial charge in [0.1, 0.15) is 5.75 Å². The summed E-state index contributed by atoms with van der Waals surface area (Å²) in [4.78, 5) is 11.9. The standard InChI is InChI=1S/C20H26N2O4S/c1-14(2)12-21-20(23)13-26-19-10-9-18(11-16(19)4)27(24,25)22-17-7-5-15(3)6-8-17/h5-11,14,22H,12-13H2,1-4H3,(H,21,23). The Bertz CT molecular complexity index is 891. The number of carbonyl (C=O) groups excluding carboxylic acids is 1. The van der Waals surface area contributed by atoms with Crippen molar-refractivity contribution in [3.05, 3.63) is 53.6 Å². The number of hydrogen-bond donors (Lipinski definition) is 2. The highest BCUT2D eigenvalue weighted by atomic mass is 32.2. The van der Waals surface area contributed by atoms with E-state index in [9.17, 15) is 13.2 Å². The lowest BCUT2D eigenvalue weighted by Gasteiger charge is -2.13. The van der Waals surface area contributed by atoms with Crippen LogP contribution in [0.5, 0.6) is 5.75 Å². The molecule has 0 saturated heterocycles. The van der Waals surface area contributed by atoms with Crippen molar-refractivity contribution in [1.82, 2.24) is 5.32 Å². The summed E-state index contributed by atoms with van der Waals surface area (Å²) in [5.41, 5.74) is 2.19. The molecule has 2 aromatic carbocycles. The molecule has 0 aliphatic rings. The van der Waals surface area contributed by atoms with Gasteiger partial charge in [0.25, 0.3) is 15.9 Å². The van der Waals surface area contributed by atoms with Crippen LogP contribution in [0.2, 0.25) is 0 Å². The van der Waals surface area contributed by atoms with E-state index in [1.54, 1.807) is 25.1 Å². The smallest absolute Gasteiger partial charge is 0.261 e. The Morgan fingerprint density at radius 1 is 1.07 bits per heavy atom. The van der Waals surface area contributed by atoms with Gasteiger partial charge in [-0.2, -0.15) is 0 Å². The van der Waals surface area contributed by atoms with Gasteiger partial charge in [0.2, 0.25) is 0 Å². The summed E-state index contributed by atoms with van der Waals surface area (Å²) >= 11 is 0. The number of rotatable bonds is 8. The van der Waals surface area contributed by atoms with Crippen molar-refractivity contribution in [2.75, 3.05) is 17.9 Å². The maximum atomic E-state index is 12.5. The average molecular weight is 391 g/mol. The zero-order chi connectivity index (χ0) is 20.0. The van der Waals surface area contributed by atoms with Gasteiger partial charge in [-0.15, -0.1) is 0 Å². The third kappa shape index (κ3) is 6.29. The predicted molar refractivity (Wildman–Crippen MR) is 107 cm³/mol. The minimum atomic E-state index is -3.70. The lowest BCUT2D eigenvalue weighted by Crippen LogP contribution is -2.31. The van der Waals surface area contributed by atoms with Crippen molar-refractivity contribution in [2.45, 2.75) is 32.6 Å². The lowest BCUT2D eigenvalue weighted by molar-refractivity contribution is -0.123. The number of hydrogen-bond acceptors (Lipinski definition) is 4. The largest absolute Gasteiger partial charge is 0.484 e. The van der Waals surface area contributed by atoms with Crippen LogP contribution in [-0.2, 0) is 14.8 Å². The number of amides is 1. The number of benzene rings is 2. The van der Waals surface area contributed by atoms with E-state index in [4.69, 9.17) is 4.74 Å². The summed E-state index contributed by atoms with van der Waals surface area (Å²) in [5, 5.41) is 2.77. The van der Waals surface area contributed by atoms with E-state index in [0.29, 0.717) is 29.5 Å². The molecule has 7 heteroatoms. The van der Waals surface area contributed by atoms with Crippen LogP contribution >= 0.6 is 0 Å². The van der Waals surface area contributed by atoms with Gasteiger partial charge in [0, 0.05) is 12.2 Å². The molecule has 2 rings (SSSR count).